The molecule has 0 aliphatic heterocycles. The predicted molar refractivity (Wildman–Crippen MR) is 73.3 cm³/mol. The minimum atomic E-state index is -0.351. The fourth-order valence-corrected chi connectivity index (χ4v) is 1.77. The molecule has 0 fully saturated rings. The summed E-state index contributed by atoms with van der Waals surface area (Å²) in [6, 6.07) is 0. The molecule has 0 radical (unpaired) electrons. The summed E-state index contributed by atoms with van der Waals surface area (Å²) in [7, 11) is 0. The third-order valence-electron chi connectivity index (χ3n) is 2.67. The Hall–Kier alpha value is -1.85. The highest BCUT2D eigenvalue weighted by atomic mass is 16.5. The van der Waals surface area contributed by atoms with Crippen molar-refractivity contribution in [3.05, 3.63) is 22.7 Å². The maximum atomic E-state index is 12.2. The largest absolute Gasteiger partial charge is 0.465 e. The molecule has 0 amide bonds. The van der Waals surface area contributed by atoms with E-state index >= 15 is 0 Å². The van der Waals surface area contributed by atoms with E-state index in [0.29, 0.717) is 25.5 Å². The summed E-state index contributed by atoms with van der Waals surface area (Å²) in [5.74, 6) is -0.0528. The average molecular weight is 267 g/mol. The first-order valence-electron chi connectivity index (χ1n) is 6.60. The molecule has 1 heterocycles. The Bertz CT molecular complexity index is 470. The lowest BCUT2D eigenvalue weighted by Crippen LogP contribution is -2.37. The molecule has 1 aromatic heterocycles. The molecule has 0 aromatic carbocycles. The van der Waals surface area contributed by atoms with Crippen molar-refractivity contribution in [3.63, 3.8) is 0 Å². The first kappa shape index (κ1) is 15.2. The minimum absolute atomic E-state index is 0.0444. The number of rotatable bonds is 7. The number of ether oxygens (including phenoxy) is 1. The van der Waals surface area contributed by atoms with Gasteiger partial charge in [-0.05, 0) is 20.3 Å². The molecule has 6 nitrogen and oxygen atoms in total. The van der Waals surface area contributed by atoms with Crippen LogP contribution in [0.1, 0.15) is 27.2 Å². The van der Waals surface area contributed by atoms with Crippen LogP contribution in [0.5, 0.6) is 0 Å². The maximum absolute atomic E-state index is 12.2. The van der Waals surface area contributed by atoms with E-state index in [1.165, 1.54) is 0 Å². The Balaban J connectivity index is 2.95. The molecule has 0 saturated heterocycles. The normalized spacial score (nSPS) is 10.3. The predicted octanol–water partition coefficient (Wildman–Crippen LogP) is 1.04. The van der Waals surface area contributed by atoms with Crippen molar-refractivity contribution in [3.8, 4) is 0 Å². The van der Waals surface area contributed by atoms with E-state index in [4.69, 9.17) is 4.74 Å². The number of carbonyl (C=O) groups excluding carboxylic acids is 1. The van der Waals surface area contributed by atoms with Gasteiger partial charge in [-0.3, -0.25) is 9.59 Å². The van der Waals surface area contributed by atoms with Gasteiger partial charge >= 0.3 is 5.97 Å². The second-order valence-electron chi connectivity index (χ2n) is 4.07. The Labute approximate surface area is 113 Å². The summed E-state index contributed by atoms with van der Waals surface area (Å²) < 4.78 is 6.50. The van der Waals surface area contributed by atoms with Crippen LogP contribution in [0, 0.1) is 0 Å². The first-order chi connectivity index (χ1) is 9.13. The van der Waals surface area contributed by atoms with Crippen LogP contribution < -0.4 is 10.5 Å². The molecule has 0 bridgehead atoms. The van der Waals surface area contributed by atoms with Gasteiger partial charge in [0.05, 0.1) is 6.61 Å². The zero-order valence-corrected chi connectivity index (χ0v) is 11.8. The van der Waals surface area contributed by atoms with Crippen molar-refractivity contribution < 1.29 is 9.53 Å². The molecule has 106 valence electrons. The number of likely N-dealkylation sites (N-methyl/N-ethyl adjacent to an activating group) is 1. The van der Waals surface area contributed by atoms with Crippen LogP contribution in [0.4, 0.5) is 5.82 Å². The number of esters is 1. The second kappa shape index (κ2) is 7.56. The molecule has 0 spiro atoms. The lowest BCUT2D eigenvalue weighted by Gasteiger charge is -2.20. The number of hydrogen-bond acceptors (Lipinski definition) is 5. The standard InChI is InChI=1S/C13H21N3O3/c1-4-8-16-9-7-14-12(13(16)18)15(5-2)10-11(17)19-6-3/h7,9H,4-6,8,10H2,1-3H3. The Morgan fingerprint density at radius 3 is 2.74 bits per heavy atom. The molecular weight excluding hydrogens is 246 g/mol. The monoisotopic (exact) mass is 267 g/mol. The molecule has 0 N–H and O–H groups in total. The van der Waals surface area contributed by atoms with E-state index in [1.807, 2.05) is 13.8 Å². The SMILES string of the molecule is CCCn1ccnc(N(CC)CC(=O)OCC)c1=O. The lowest BCUT2D eigenvalue weighted by atomic mass is 10.4. The number of nitrogens with zero attached hydrogens (tertiary/aromatic N) is 3. The fraction of sp³-hybridized carbons (Fsp3) is 0.615. The average Bonchev–Trinajstić information content (AvgIpc) is 2.39. The highest BCUT2D eigenvalue weighted by molar-refractivity contribution is 5.75. The second-order valence-corrected chi connectivity index (χ2v) is 4.07. The van der Waals surface area contributed by atoms with Crippen LogP contribution in [0.2, 0.25) is 0 Å². The lowest BCUT2D eigenvalue weighted by molar-refractivity contribution is -0.141. The van der Waals surface area contributed by atoms with Crippen molar-refractivity contribution in [2.75, 3.05) is 24.6 Å². The minimum Gasteiger partial charge on any atom is -0.465 e. The zero-order chi connectivity index (χ0) is 14.3. The summed E-state index contributed by atoms with van der Waals surface area (Å²) in [6.07, 6.45) is 4.11. The van der Waals surface area contributed by atoms with Crippen LogP contribution in [0.25, 0.3) is 0 Å². The van der Waals surface area contributed by atoms with Gasteiger partial charge in [0.1, 0.15) is 6.54 Å². The molecular formula is C13H21N3O3. The van der Waals surface area contributed by atoms with Gasteiger partial charge in [-0.15, -0.1) is 0 Å². The Kier molecular flexibility index (Phi) is 6.05. The molecule has 1 aromatic rings. The highest BCUT2D eigenvalue weighted by Crippen LogP contribution is 2.03. The van der Waals surface area contributed by atoms with Gasteiger partial charge < -0.3 is 14.2 Å². The van der Waals surface area contributed by atoms with Crippen molar-refractivity contribution in [1.29, 1.82) is 0 Å². The number of carbonyl (C=O) groups is 1. The van der Waals surface area contributed by atoms with Crippen molar-refractivity contribution in [2.45, 2.75) is 33.7 Å². The number of hydrogen-bond donors (Lipinski definition) is 0. The Morgan fingerprint density at radius 2 is 2.16 bits per heavy atom. The summed E-state index contributed by atoms with van der Waals surface area (Å²) >= 11 is 0. The van der Waals surface area contributed by atoms with Crippen LogP contribution >= 0.6 is 0 Å². The topological polar surface area (TPSA) is 64.4 Å². The Morgan fingerprint density at radius 1 is 1.42 bits per heavy atom. The van der Waals surface area contributed by atoms with E-state index in [2.05, 4.69) is 4.98 Å². The van der Waals surface area contributed by atoms with Crippen LogP contribution in [0.15, 0.2) is 17.2 Å². The van der Waals surface area contributed by atoms with Gasteiger partial charge in [-0.2, -0.15) is 0 Å². The molecule has 0 aliphatic carbocycles. The van der Waals surface area contributed by atoms with Crippen molar-refractivity contribution in [2.24, 2.45) is 0 Å². The summed E-state index contributed by atoms with van der Waals surface area (Å²) in [4.78, 5) is 29.4. The fourth-order valence-electron chi connectivity index (χ4n) is 1.77. The summed E-state index contributed by atoms with van der Waals surface area (Å²) in [5, 5.41) is 0. The highest BCUT2D eigenvalue weighted by Gasteiger charge is 2.16. The molecule has 6 heteroatoms. The molecule has 19 heavy (non-hydrogen) atoms. The summed E-state index contributed by atoms with van der Waals surface area (Å²) in [6.45, 7) is 7.17. The number of anilines is 1. The van der Waals surface area contributed by atoms with Gasteiger partial charge in [0.15, 0.2) is 5.82 Å². The maximum Gasteiger partial charge on any atom is 0.325 e. The van der Waals surface area contributed by atoms with E-state index in [9.17, 15) is 9.59 Å². The third-order valence-corrected chi connectivity index (χ3v) is 2.67. The van der Waals surface area contributed by atoms with Crippen LogP contribution in [-0.4, -0.2) is 35.2 Å². The zero-order valence-electron chi connectivity index (χ0n) is 11.8. The van der Waals surface area contributed by atoms with Gasteiger partial charge in [0, 0.05) is 25.5 Å². The smallest absolute Gasteiger partial charge is 0.325 e. The van der Waals surface area contributed by atoms with Crippen LogP contribution in [0.3, 0.4) is 0 Å². The van der Waals surface area contributed by atoms with Gasteiger partial charge in [0.2, 0.25) is 0 Å². The van der Waals surface area contributed by atoms with Gasteiger partial charge in [-0.25, -0.2) is 4.98 Å². The third kappa shape index (κ3) is 4.08. The van der Waals surface area contributed by atoms with Crippen molar-refractivity contribution in [1.82, 2.24) is 9.55 Å². The summed E-state index contributed by atoms with van der Waals surface area (Å²) in [5.41, 5.74) is -0.171. The molecule has 0 aliphatic rings. The van der Waals surface area contributed by atoms with E-state index in [1.54, 1.807) is 28.8 Å². The quantitative estimate of drug-likeness (QED) is 0.691. The molecule has 0 saturated carbocycles. The van der Waals surface area contributed by atoms with Crippen LogP contribution in [-0.2, 0) is 16.1 Å². The van der Waals surface area contributed by atoms with E-state index in [-0.39, 0.29) is 18.1 Å². The first-order valence-corrected chi connectivity index (χ1v) is 6.60. The van der Waals surface area contributed by atoms with E-state index < -0.39 is 0 Å². The van der Waals surface area contributed by atoms with Crippen molar-refractivity contribution >= 4 is 11.8 Å². The molecule has 0 unspecified atom stereocenters. The van der Waals surface area contributed by atoms with Gasteiger partial charge in [0.25, 0.3) is 5.56 Å². The molecule has 1 rings (SSSR count). The number of aryl methyl sites for hydroxylation is 1. The van der Waals surface area contributed by atoms with E-state index in [0.717, 1.165) is 6.42 Å². The molecule has 0 atom stereocenters. The van der Waals surface area contributed by atoms with Gasteiger partial charge in [-0.1, -0.05) is 6.92 Å². The number of aromatic nitrogens is 2.